The molecule has 154 valence electrons. The van der Waals surface area contributed by atoms with Gasteiger partial charge in [0.25, 0.3) is 0 Å². The predicted octanol–water partition coefficient (Wildman–Crippen LogP) is 1.31. The number of piperidine rings is 1. The van der Waals surface area contributed by atoms with E-state index in [1.54, 1.807) is 12.1 Å². The maximum absolute atomic E-state index is 12.7. The largest absolute Gasteiger partial charge is 0.339 e. The molecule has 2 aromatic carbocycles. The van der Waals surface area contributed by atoms with E-state index in [0.29, 0.717) is 6.67 Å². The lowest BCUT2D eigenvalue weighted by atomic mass is 9.85. The average Bonchev–Trinajstić information content (AvgIpc) is 3.04. The zero-order valence-electron chi connectivity index (χ0n) is 16.3. The molecule has 3 N–H and O–H groups in total. The average molecular weight is 415 g/mol. The Labute approximate surface area is 171 Å². The molecule has 0 bridgehead atoms. The summed E-state index contributed by atoms with van der Waals surface area (Å²) in [6.07, 6.45) is 2.41. The highest BCUT2D eigenvalue weighted by Crippen LogP contribution is 2.36. The van der Waals surface area contributed by atoms with Gasteiger partial charge in [-0.05, 0) is 49.1 Å². The maximum atomic E-state index is 12.7. The summed E-state index contributed by atoms with van der Waals surface area (Å²) < 4.78 is 22.7. The molecular formula is C21H26N4O3S. The Morgan fingerprint density at radius 1 is 1.00 bits per heavy atom. The third-order valence-corrected chi connectivity index (χ3v) is 6.99. The highest BCUT2D eigenvalue weighted by Gasteiger charge is 2.50. The van der Waals surface area contributed by atoms with Crippen LogP contribution < -0.4 is 15.4 Å². The number of primary sulfonamides is 1. The van der Waals surface area contributed by atoms with Gasteiger partial charge in [-0.15, -0.1) is 0 Å². The fourth-order valence-electron chi connectivity index (χ4n) is 4.31. The molecule has 2 aromatic rings. The molecule has 2 aliphatic rings. The van der Waals surface area contributed by atoms with Crippen molar-refractivity contribution in [2.75, 3.05) is 31.2 Å². The van der Waals surface area contributed by atoms with E-state index in [1.807, 2.05) is 30.3 Å². The summed E-state index contributed by atoms with van der Waals surface area (Å²) in [6.45, 7) is 3.13. The molecule has 1 amide bonds. The number of para-hydroxylation sites is 1. The summed E-state index contributed by atoms with van der Waals surface area (Å²) in [6, 6.07) is 16.8. The van der Waals surface area contributed by atoms with Gasteiger partial charge in [-0.25, -0.2) is 13.6 Å². The van der Waals surface area contributed by atoms with Crippen molar-refractivity contribution in [2.45, 2.75) is 29.7 Å². The molecule has 2 saturated heterocycles. The number of likely N-dealkylation sites (tertiary alicyclic amines) is 1. The van der Waals surface area contributed by atoms with Crippen molar-refractivity contribution in [3.63, 3.8) is 0 Å². The lowest BCUT2D eigenvalue weighted by Crippen LogP contribution is -2.56. The van der Waals surface area contributed by atoms with Gasteiger partial charge in [-0.2, -0.15) is 0 Å². The van der Waals surface area contributed by atoms with Crippen LogP contribution in [0.2, 0.25) is 0 Å². The summed E-state index contributed by atoms with van der Waals surface area (Å²) in [5.74, 6) is 0.125. The second-order valence-corrected chi connectivity index (χ2v) is 9.30. The number of hydrogen-bond acceptors (Lipinski definition) is 5. The minimum Gasteiger partial charge on any atom is -0.339 e. The molecule has 29 heavy (non-hydrogen) atoms. The van der Waals surface area contributed by atoms with Gasteiger partial charge in [0.2, 0.25) is 15.9 Å². The molecule has 2 aliphatic heterocycles. The predicted molar refractivity (Wildman–Crippen MR) is 112 cm³/mol. The van der Waals surface area contributed by atoms with E-state index in [1.165, 1.54) is 0 Å². The number of nitrogens with zero attached hydrogens (tertiary/aromatic N) is 2. The van der Waals surface area contributed by atoms with E-state index in [2.05, 4.69) is 27.2 Å². The Kier molecular flexibility index (Phi) is 5.33. The summed E-state index contributed by atoms with van der Waals surface area (Å²) in [4.78, 5) is 17.4. The molecule has 0 atom stereocenters. The van der Waals surface area contributed by atoms with Gasteiger partial charge in [0.15, 0.2) is 0 Å². The minimum absolute atomic E-state index is 0.125. The second-order valence-electron chi connectivity index (χ2n) is 7.74. The van der Waals surface area contributed by atoms with Crippen molar-refractivity contribution in [3.05, 3.63) is 60.2 Å². The van der Waals surface area contributed by atoms with E-state index < -0.39 is 15.6 Å². The molecule has 0 unspecified atom stereocenters. The Hall–Kier alpha value is -2.42. The van der Waals surface area contributed by atoms with Crippen LogP contribution in [0.25, 0.3) is 0 Å². The topological polar surface area (TPSA) is 95.7 Å². The van der Waals surface area contributed by atoms with Crippen LogP contribution in [-0.4, -0.2) is 51.1 Å². The number of amides is 1. The van der Waals surface area contributed by atoms with Crippen molar-refractivity contribution in [3.8, 4) is 0 Å². The number of carbonyl (C=O) groups is 1. The van der Waals surface area contributed by atoms with Crippen LogP contribution in [0.15, 0.2) is 59.5 Å². The lowest BCUT2D eigenvalue weighted by Gasteiger charge is -2.43. The third kappa shape index (κ3) is 4.01. The first-order valence-corrected chi connectivity index (χ1v) is 11.4. The van der Waals surface area contributed by atoms with Gasteiger partial charge in [0.05, 0.1) is 11.6 Å². The zero-order valence-corrected chi connectivity index (χ0v) is 17.1. The number of nitrogens with two attached hydrogens (primary N) is 1. The van der Waals surface area contributed by atoms with Gasteiger partial charge in [0, 0.05) is 25.3 Å². The van der Waals surface area contributed by atoms with Crippen LogP contribution in [-0.2, 0) is 21.2 Å². The van der Waals surface area contributed by atoms with Gasteiger partial charge in [0.1, 0.15) is 5.54 Å². The number of carbonyl (C=O) groups excluding carboxylic acids is 1. The summed E-state index contributed by atoms with van der Waals surface area (Å²) in [7, 11) is -3.65. The number of anilines is 1. The Morgan fingerprint density at radius 2 is 1.66 bits per heavy atom. The standard InChI is InChI=1S/C21H26N4O3S/c22-29(27,28)19-8-6-17(7-9-19)10-13-24-14-11-21(12-15-24)20(26)23-16-25(21)18-4-2-1-3-5-18/h1-9H,10-16H2,(H,23,26)(H2,22,27,28). The molecule has 1 spiro atoms. The van der Waals surface area contributed by atoms with Crippen molar-refractivity contribution in [2.24, 2.45) is 5.14 Å². The van der Waals surface area contributed by atoms with E-state index in [9.17, 15) is 13.2 Å². The van der Waals surface area contributed by atoms with E-state index in [0.717, 1.165) is 50.1 Å². The first-order chi connectivity index (χ1) is 13.9. The Balaban J connectivity index is 1.37. The lowest BCUT2D eigenvalue weighted by molar-refractivity contribution is -0.125. The fraction of sp³-hybridized carbons (Fsp3) is 0.381. The van der Waals surface area contributed by atoms with Crippen molar-refractivity contribution >= 4 is 21.6 Å². The molecule has 4 rings (SSSR count). The fourth-order valence-corrected chi connectivity index (χ4v) is 4.83. The summed E-state index contributed by atoms with van der Waals surface area (Å²) in [5.41, 5.74) is 1.69. The molecule has 2 fully saturated rings. The molecule has 7 nitrogen and oxygen atoms in total. The van der Waals surface area contributed by atoms with Gasteiger partial charge < -0.3 is 15.1 Å². The highest BCUT2D eigenvalue weighted by atomic mass is 32.2. The number of sulfonamides is 1. The Bertz CT molecular complexity index is 969. The van der Waals surface area contributed by atoms with E-state index in [-0.39, 0.29) is 10.8 Å². The normalized spacial score (nSPS) is 19.5. The van der Waals surface area contributed by atoms with Crippen LogP contribution >= 0.6 is 0 Å². The van der Waals surface area contributed by atoms with Crippen molar-refractivity contribution < 1.29 is 13.2 Å². The summed E-state index contributed by atoms with van der Waals surface area (Å²) in [5, 5.41) is 8.17. The van der Waals surface area contributed by atoms with Gasteiger partial charge >= 0.3 is 0 Å². The SMILES string of the molecule is NS(=O)(=O)c1ccc(CCN2CCC3(CC2)C(=O)NCN3c2ccccc2)cc1. The molecule has 2 heterocycles. The number of benzene rings is 2. The van der Waals surface area contributed by atoms with Crippen LogP contribution in [0, 0.1) is 0 Å². The smallest absolute Gasteiger partial charge is 0.247 e. The third-order valence-electron chi connectivity index (χ3n) is 6.06. The second kappa shape index (κ2) is 7.78. The van der Waals surface area contributed by atoms with Crippen LogP contribution in [0.3, 0.4) is 0 Å². The minimum atomic E-state index is -3.65. The first-order valence-electron chi connectivity index (χ1n) is 9.84. The molecule has 8 heteroatoms. The van der Waals surface area contributed by atoms with Crippen LogP contribution in [0.5, 0.6) is 0 Å². The van der Waals surface area contributed by atoms with Gasteiger partial charge in [-0.1, -0.05) is 30.3 Å². The van der Waals surface area contributed by atoms with Crippen LogP contribution in [0.4, 0.5) is 5.69 Å². The Morgan fingerprint density at radius 3 is 2.28 bits per heavy atom. The molecule has 0 saturated carbocycles. The van der Waals surface area contributed by atoms with Crippen LogP contribution in [0.1, 0.15) is 18.4 Å². The highest BCUT2D eigenvalue weighted by molar-refractivity contribution is 7.89. The molecule has 0 aliphatic carbocycles. The van der Waals surface area contributed by atoms with Gasteiger partial charge in [-0.3, -0.25) is 4.79 Å². The van der Waals surface area contributed by atoms with E-state index in [4.69, 9.17) is 5.14 Å². The molecule has 0 radical (unpaired) electrons. The first kappa shape index (κ1) is 19.9. The number of rotatable bonds is 5. The van der Waals surface area contributed by atoms with Crippen molar-refractivity contribution in [1.82, 2.24) is 10.2 Å². The van der Waals surface area contributed by atoms with Crippen molar-refractivity contribution in [1.29, 1.82) is 0 Å². The quantitative estimate of drug-likeness (QED) is 0.769. The summed E-state index contributed by atoms with van der Waals surface area (Å²) >= 11 is 0. The molecule has 0 aromatic heterocycles. The zero-order chi connectivity index (χ0) is 20.5. The van der Waals surface area contributed by atoms with E-state index >= 15 is 0 Å². The number of nitrogens with one attached hydrogen (secondary N) is 1. The molecular weight excluding hydrogens is 388 g/mol. The number of hydrogen-bond donors (Lipinski definition) is 2. The maximum Gasteiger partial charge on any atom is 0.247 e. The monoisotopic (exact) mass is 414 g/mol.